The average molecular weight is 608 g/mol. The summed E-state index contributed by atoms with van der Waals surface area (Å²) in [7, 11) is 0. The van der Waals surface area contributed by atoms with Gasteiger partial charge in [0.15, 0.2) is 0 Å². The van der Waals surface area contributed by atoms with Gasteiger partial charge in [-0.1, -0.05) is 96.8 Å². The Morgan fingerprint density at radius 2 is 1.19 bits per heavy atom. The number of hydrogen-bond acceptors (Lipinski definition) is 4. The third-order valence-electron chi connectivity index (χ3n) is 4.60. The topological polar surface area (TPSA) is 72.4 Å². The van der Waals surface area contributed by atoms with Crippen molar-refractivity contribution in [3.63, 3.8) is 0 Å². The first kappa shape index (κ1) is 33.5. The second kappa shape index (κ2) is 27.9. The van der Waals surface area contributed by atoms with Crippen LogP contribution in [0.2, 0.25) is 0 Å². The van der Waals surface area contributed by atoms with Crippen LogP contribution in [0, 0.1) is 0 Å². The van der Waals surface area contributed by atoms with E-state index in [0.717, 1.165) is 19.3 Å². The van der Waals surface area contributed by atoms with E-state index in [4.69, 9.17) is 4.74 Å². The maximum Gasteiger partial charge on any atom is 2.00 e. The molecule has 0 heterocycles. The molecule has 1 unspecified atom stereocenters. The van der Waals surface area contributed by atoms with Crippen LogP contribution in [0.3, 0.4) is 0 Å². The molecule has 154 valence electrons. The number of hydrogen-bond donors (Lipinski definition) is 0. The molecule has 0 bridgehead atoms. The van der Waals surface area contributed by atoms with Crippen LogP contribution in [-0.2, 0) is 36.8 Å². The Bertz CT molecular complexity index is 304. The molecule has 0 aliphatic rings. The average Bonchev–Trinajstić information content (AvgIpc) is 2.62. The smallest absolute Gasteiger partial charge is 1.00 e. The van der Waals surface area contributed by atoms with Gasteiger partial charge in [0.1, 0.15) is 0 Å². The quantitative estimate of drug-likeness (QED) is 0.127. The Hall–Kier alpha value is 1.88. The Kier molecular flexibility index (Phi) is 34.6. The minimum absolute atomic E-state index is 0. The van der Waals surface area contributed by atoms with E-state index in [1.165, 1.54) is 77.0 Å². The van der Waals surface area contributed by atoms with Crippen molar-refractivity contribution >= 4 is 54.9 Å². The van der Waals surface area contributed by atoms with E-state index < -0.39 is 12.7 Å². The van der Waals surface area contributed by atoms with Gasteiger partial charge >= 0.3 is 82.1 Å². The van der Waals surface area contributed by atoms with Gasteiger partial charge in [-0.15, -0.1) is 12.7 Å². The Morgan fingerprint density at radius 1 is 0.815 bits per heavy atom. The van der Waals surface area contributed by atoms with Gasteiger partial charge in [-0.25, -0.2) is 0 Å². The second-order valence-electron chi connectivity index (χ2n) is 7.17. The van der Waals surface area contributed by atoms with Crippen molar-refractivity contribution in [3.8, 4) is 0 Å². The van der Waals surface area contributed by atoms with Gasteiger partial charge in [-0.3, -0.25) is 4.79 Å². The summed E-state index contributed by atoms with van der Waals surface area (Å²) in [4.78, 5) is 11.3. The Balaban J connectivity index is -0.000000480. The predicted octanol–water partition coefficient (Wildman–Crippen LogP) is 3.72. The van der Waals surface area contributed by atoms with Crippen molar-refractivity contribution in [1.29, 1.82) is 0 Å². The van der Waals surface area contributed by atoms with Gasteiger partial charge in [0.25, 0.3) is 0 Å². The first-order chi connectivity index (χ1) is 12.2. The molecule has 0 spiro atoms. The molecule has 0 saturated heterocycles. The maximum absolute atomic E-state index is 11.3. The maximum atomic E-state index is 11.3. The molecule has 0 aliphatic carbocycles. The fourth-order valence-corrected chi connectivity index (χ4v) is 2.95. The summed E-state index contributed by atoms with van der Waals surface area (Å²) in [6.45, 7) is 1.25. The Morgan fingerprint density at radius 3 is 1.56 bits per heavy atom. The van der Waals surface area contributed by atoms with E-state index in [0.29, 0.717) is 6.42 Å². The van der Waals surface area contributed by atoms with Crippen LogP contribution < -0.4 is 10.2 Å². The van der Waals surface area contributed by atoms with Gasteiger partial charge in [0.2, 0.25) is 0 Å². The standard InChI is InChI=1S/C21H40O4.Ba.Cd.2H/c1-2-3-4-5-6-7-8-9-10-11-12-13-14-15-16-17-21(24)25-19-20(23)18-22;;;;/h20H,2-19H2,1H3;;;;/q-2;2*+2;2*-1. The third-order valence-corrected chi connectivity index (χ3v) is 4.60. The molecule has 0 amide bonds. The first-order valence-corrected chi connectivity index (χ1v) is 10.6. The SMILES string of the molecule is CCCCCCCCCCCCCCCCCC(=O)OCC([O-])C[O-].[Ba+2].[Cd+2].[H-].[H-]. The molecule has 0 saturated carbocycles. The number of esters is 1. The van der Waals surface area contributed by atoms with Crippen LogP contribution in [0.15, 0.2) is 0 Å². The molecule has 6 heteroatoms. The van der Waals surface area contributed by atoms with Crippen LogP contribution >= 0.6 is 0 Å². The zero-order valence-corrected chi connectivity index (χ0v) is 26.3. The molecular formula is C21H42BaCdO4. The molecule has 0 rings (SSSR count). The summed E-state index contributed by atoms with van der Waals surface area (Å²) in [6.07, 6.45) is 18.4. The molecule has 0 aromatic heterocycles. The number of unbranched alkanes of at least 4 members (excludes halogenated alkanes) is 14. The largest absolute Gasteiger partial charge is 2.00 e. The summed E-state index contributed by atoms with van der Waals surface area (Å²) in [5, 5.41) is 21.1. The molecule has 0 radical (unpaired) electrons. The third kappa shape index (κ3) is 27.9. The minimum Gasteiger partial charge on any atom is -1.00 e. The molecule has 0 aliphatic heterocycles. The van der Waals surface area contributed by atoms with Gasteiger partial charge in [-0.2, -0.15) is 0 Å². The second-order valence-corrected chi connectivity index (χ2v) is 7.17. The molecule has 0 fully saturated rings. The van der Waals surface area contributed by atoms with E-state index in [9.17, 15) is 15.0 Å². The van der Waals surface area contributed by atoms with E-state index in [1.807, 2.05) is 0 Å². The summed E-state index contributed by atoms with van der Waals surface area (Å²) >= 11 is 0. The molecule has 0 N–H and O–H groups in total. The van der Waals surface area contributed by atoms with E-state index in [-0.39, 0.29) is 91.6 Å². The van der Waals surface area contributed by atoms with Crippen LogP contribution in [0.1, 0.15) is 113 Å². The number of ether oxygens (including phenoxy) is 1. The van der Waals surface area contributed by atoms with E-state index >= 15 is 0 Å². The summed E-state index contributed by atoms with van der Waals surface area (Å²) in [5.74, 6) is -0.344. The summed E-state index contributed by atoms with van der Waals surface area (Å²) < 4.78 is 4.76. The monoisotopic (exact) mass is 610 g/mol. The van der Waals surface area contributed by atoms with Gasteiger partial charge in [0.05, 0.1) is 6.61 Å². The van der Waals surface area contributed by atoms with Crippen molar-refractivity contribution in [3.05, 3.63) is 0 Å². The van der Waals surface area contributed by atoms with Crippen molar-refractivity contribution in [2.75, 3.05) is 13.2 Å². The Labute approximate surface area is 231 Å². The number of carbonyl (C=O) groups excluding carboxylic acids is 1. The van der Waals surface area contributed by atoms with Crippen molar-refractivity contribution in [1.82, 2.24) is 0 Å². The molecule has 1 atom stereocenters. The fraction of sp³-hybridized carbons (Fsp3) is 0.952. The zero-order valence-electron chi connectivity index (χ0n) is 19.9. The molecule has 4 nitrogen and oxygen atoms in total. The van der Waals surface area contributed by atoms with Crippen LogP contribution in [0.5, 0.6) is 0 Å². The number of rotatable bonds is 19. The van der Waals surface area contributed by atoms with Crippen molar-refractivity contribution in [2.45, 2.75) is 116 Å². The van der Waals surface area contributed by atoms with E-state index in [2.05, 4.69) is 6.92 Å². The van der Waals surface area contributed by atoms with Gasteiger partial charge in [0, 0.05) is 6.42 Å². The van der Waals surface area contributed by atoms with Crippen molar-refractivity contribution in [2.24, 2.45) is 0 Å². The van der Waals surface area contributed by atoms with Crippen LogP contribution in [0.25, 0.3) is 0 Å². The summed E-state index contributed by atoms with van der Waals surface area (Å²) in [5.41, 5.74) is 0. The van der Waals surface area contributed by atoms with Crippen LogP contribution in [0.4, 0.5) is 0 Å². The number of carbonyl (C=O) groups is 1. The van der Waals surface area contributed by atoms with Crippen LogP contribution in [-0.4, -0.2) is 74.2 Å². The minimum atomic E-state index is -1.31. The molecule has 27 heavy (non-hydrogen) atoms. The molecular weight excluding hydrogens is 566 g/mol. The summed E-state index contributed by atoms with van der Waals surface area (Å²) in [6, 6.07) is 0. The van der Waals surface area contributed by atoms with Gasteiger partial charge in [-0.05, 0) is 6.42 Å². The molecule has 0 aromatic rings. The normalized spacial score (nSPS) is 11.4. The van der Waals surface area contributed by atoms with Crippen molar-refractivity contribution < 1.29 is 49.9 Å². The molecule has 0 aromatic carbocycles. The zero-order chi connectivity index (χ0) is 18.6. The first-order valence-electron chi connectivity index (χ1n) is 10.6. The fourth-order valence-electron chi connectivity index (χ4n) is 2.95. The predicted molar refractivity (Wildman–Crippen MR) is 107 cm³/mol. The van der Waals surface area contributed by atoms with Gasteiger partial charge < -0.3 is 17.8 Å². The van der Waals surface area contributed by atoms with E-state index in [1.54, 1.807) is 0 Å².